The Hall–Kier alpha value is -3.37. The van der Waals surface area contributed by atoms with Gasteiger partial charge < -0.3 is 15.6 Å². The number of nitrogens with zero attached hydrogens (tertiary/aromatic N) is 6. The molecule has 1 aromatic carbocycles. The van der Waals surface area contributed by atoms with Gasteiger partial charge in [-0.15, -0.1) is 15.0 Å². The highest BCUT2D eigenvalue weighted by atomic mass is 35.5. The first-order chi connectivity index (χ1) is 13.9. The van der Waals surface area contributed by atoms with Gasteiger partial charge in [0.05, 0.1) is 28.5 Å². The Labute approximate surface area is 174 Å². The minimum absolute atomic E-state index is 0.0686. The molecule has 0 unspecified atom stereocenters. The van der Waals surface area contributed by atoms with Gasteiger partial charge in [-0.05, 0) is 19.1 Å². The molecule has 0 bridgehead atoms. The van der Waals surface area contributed by atoms with E-state index in [4.69, 9.17) is 33.5 Å². The number of hydrogen-bond donors (Lipinski definition) is 2. The second kappa shape index (κ2) is 7.57. The monoisotopic (exact) mass is 432 g/mol. The molecule has 12 heteroatoms. The van der Waals surface area contributed by atoms with Crippen LogP contribution >= 0.6 is 23.2 Å². The van der Waals surface area contributed by atoms with E-state index in [0.717, 1.165) is 10.5 Å². The Morgan fingerprint density at radius 3 is 2.69 bits per heavy atom. The van der Waals surface area contributed by atoms with Crippen LogP contribution < -0.4 is 11.1 Å². The highest BCUT2D eigenvalue weighted by molar-refractivity contribution is 6.37. The molecule has 3 heterocycles. The second-order valence-electron chi connectivity index (χ2n) is 6.10. The third kappa shape index (κ3) is 3.93. The molecule has 29 heavy (non-hydrogen) atoms. The van der Waals surface area contributed by atoms with Gasteiger partial charge in [-0.1, -0.05) is 34.4 Å². The van der Waals surface area contributed by atoms with E-state index in [9.17, 15) is 4.79 Å². The molecular formula is C17H14Cl2N8O2. The van der Waals surface area contributed by atoms with Crippen molar-refractivity contribution in [1.29, 1.82) is 0 Å². The van der Waals surface area contributed by atoms with Crippen LogP contribution in [-0.2, 0) is 6.54 Å². The van der Waals surface area contributed by atoms with Crippen LogP contribution in [0.5, 0.6) is 0 Å². The lowest BCUT2D eigenvalue weighted by Gasteiger charge is -2.04. The van der Waals surface area contributed by atoms with Crippen molar-refractivity contribution in [1.82, 2.24) is 29.9 Å². The number of aryl methyl sites for hydroxylation is 1. The van der Waals surface area contributed by atoms with Crippen molar-refractivity contribution in [3.05, 3.63) is 63.9 Å². The van der Waals surface area contributed by atoms with E-state index in [1.807, 2.05) is 13.0 Å². The van der Waals surface area contributed by atoms with E-state index in [0.29, 0.717) is 33.7 Å². The zero-order valence-corrected chi connectivity index (χ0v) is 16.5. The molecule has 0 atom stereocenters. The Balaban J connectivity index is 1.62. The quantitative estimate of drug-likeness (QED) is 0.478. The first-order valence-corrected chi connectivity index (χ1v) is 9.09. The molecular weight excluding hydrogens is 419 g/mol. The summed E-state index contributed by atoms with van der Waals surface area (Å²) in [6.45, 7) is 2.23. The van der Waals surface area contributed by atoms with E-state index in [1.165, 1.54) is 0 Å². The van der Waals surface area contributed by atoms with Crippen molar-refractivity contribution in [3.63, 3.8) is 0 Å². The third-order valence-electron chi connectivity index (χ3n) is 3.88. The van der Waals surface area contributed by atoms with Gasteiger partial charge in [-0.2, -0.15) is 5.10 Å². The maximum absolute atomic E-state index is 11.8. The largest absolute Gasteiger partial charge is 0.364 e. The van der Waals surface area contributed by atoms with Crippen LogP contribution in [0.1, 0.15) is 21.9 Å². The number of carbonyl (C=O) groups is 1. The summed E-state index contributed by atoms with van der Waals surface area (Å²) in [5.74, 6) is 0.101. The lowest BCUT2D eigenvalue weighted by molar-refractivity contribution is 0.0996. The van der Waals surface area contributed by atoms with E-state index in [-0.39, 0.29) is 11.5 Å². The van der Waals surface area contributed by atoms with Crippen LogP contribution in [0.15, 0.2) is 41.2 Å². The smallest absolute Gasteiger partial charge is 0.273 e. The van der Waals surface area contributed by atoms with Crippen molar-refractivity contribution in [2.75, 3.05) is 5.32 Å². The zero-order chi connectivity index (χ0) is 20.5. The molecule has 0 fully saturated rings. The standard InChI is InChI=1S/C17H14Cl2N8O2/c1-9-5-10(25-29-9)7-26-8-11(6-21-26)22-17-14(16(20)28)23-27(24-17)15-12(18)3-2-4-13(15)19/h2-6,8H,7H2,1H3,(H2,20,28)(H,22,24). The molecule has 4 rings (SSSR count). The fourth-order valence-electron chi connectivity index (χ4n) is 2.65. The minimum Gasteiger partial charge on any atom is -0.364 e. The predicted octanol–water partition coefficient (Wildman–Crippen LogP) is 2.96. The Kier molecular flexibility index (Phi) is 4.95. The molecule has 3 aromatic heterocycles. The SMILES string of the molecule is Cc1cc(Cn2cc(Nc3nn(-c4c(Cl)cccc4Cl)nc3C(N)=O)cn2)no1. The number of carbonyl (C=O) groups excluding carboxylic acids is 1. The Morgan fingerprint density at radius 1 is 1.28 bits per heavy atom. The summed E-state index contributed by atoms with van der Waals surface area (Å²) in [4.78, 5) is 13.0. The molecule has 0 radical (unpaired) electrons. The van der Waals surface area contributed by atoms with Gasteiger partial charge in [0.25, 0.3) is 5.91 Å². The van der Waals surface area contributed by atoms with Crippen molar-refractivity contribution >= 4 is 40.6 Å². The Morgan fingerprint density at radius 2 is 2.03 bits per heavy atom. The number of anilines is 2. The number of nitrogens with two attached hydrogens (primary N) is 1. The van der Waals surface area contributed by atoms with Crippen LogP contribution in [0.2, 0.25) is 10.0 Å². The molecule has 3 N–H and O–H groups in total. The molecule has 0 saturated carbocycles. The van der Waals surface area contributed by atoms with Crippen molar-refractivity contribution < 1.29 is 9.32 Å². The summed E-state index contributed by atoms with van der Waals surface area (Å²) in [5.41, 5.74) is 7.02. The lowest BCUT2D eigenvalue weighted by atomic mass is 10.3. The average molecular weight is 433 g/mol. The van der Waals surface area contributed by atoms with Crippen LogP contribution in [0, 0.1) is 6.92 Å². The maximum Gasteiger partial charge on any atom is 0.273 e. The molecule has 0 saturated heterocycles. The van der Waals surface area contributed by atoms with E-state index >= 15 is 0 Å². The van der Waals surface area contributed by atoms with Gasteiger partial charge in [0, 0.05) is 12.3 Å². The number of benzene rings is 1. The number of halogens is 2. The van der Waals surface area contributed by atoms with Gasteiger partial charge in [-0.3, -0.25) is 9.48 Å². The summed E-state index contributed by atoms with van der Waals surface area (Å²) >= 11 is 12.4. The van der Waals surface area contributed by atoms with E-state index in [1.54, 1.807) is 35.3 Å². The second-order valence-corrected chi connectivity index (χ2v) is 6.92. The van der Waals surface area contributed by atoms with E-state index in [2.05, 4.69) is 25.8 Å². The molecule has 148 valence electrons. The topological polar surface area (TPSA) is 130 Å². The molecule has 0 spiro atoms. The summed E-state index contributed by atoms with van der Waals surface area (Å²) in [7, 11) is 0. The highest BCUT2D eigenvalue weighted by Crippen LogP contribution is 2.28. The predicted molar refractivity (Wildman–Crippen MR) is 106 cm³/mol. The summed E-state index contributed by atoms with van der Waals surface area (Å²) in [5, 5.41) is 20.2. The lowest BCUT2D eigenvalue weighted by Crippen LogP contribution is -2.14. The van der Waals surface area contributed by atoms with Gasteiger partial charge in [0.1, 0.15) is 17.1 Å². The van der Waals surface area contributed by atoms with Crippen molar-refractivity contribution in [3.8, 4) is 5.69 Å². The number of para-hydroxylation sites is 1. The maximum atomic E-state index is 11.8. The van der Waals surface area contributed by atoms with Gasteiger partial charge in [0.15, 0.2) is 11.5 Å². The van der Waals surface area contributed by atoms with Gasteiger partial charge in [0.2, 0.25) is 0 Å². The van der Waals surface area contributed by atoms with Crippen LogP contribution in [-0.4, -0.2) is 35.8 Å². The van der Waals surface area contributed by atoms with Gasteiger partial charge >= 0.3 is 0 Å². The zero-order valence-electron chi connectivity index (χ0n) is 15.0. The number of aromatic nitrogens is 6. The van der Waals surface area contributed by atoms with Crippen molar-refractivity contribution in [2.24, 2.45) is 5.73 Å². The molecule has 0 aliphatic rings. The number of rotatable bonds is 6. The number of amides is 1. The average Bonchev–Trinajstić information content (AvgIpc) is 3.37. The van der Waals surface area contributed by atoms with Crippen LogP contribution in [0.4, 0.5) is 11.5 Å². The normalized spacial score (nSPS) is 11.0. The third-order valence-corrected chi connectivity index (χ3v) is 4.49. The van der Waals surface area contributed by atoms with Crippen molar-refractivity contribution in [2.45, 2.75) is 13.5 Å². The fraction of sp³-hybridized carbons (Fsp3) is 0.118. The van der Waals surface area contributed by atoms with Gasteiger partial charge in [-0.25, -0.2) is 0 Å². The summed E-state index contributed by atoms with van der Waals surface area (Å²) in [6, 6.07) is 6.78. The summed E-state index contributed by atoms with van der Waals surface area (Å²) < 4.78 is 6.70. The highest BCUT2D eigenvalue weighted by Gasteiger charge is 2.20. The molecule has 10 nitrogen and oxygen atoms in total. The first-order valence-electron chi connectivity index (χ1n) is 8.34. The summed E-state index contributed by atoms with van der Waals surface area (Å²) in [6.07, 6.45) is 3.29. The van der Waals surface area contributed by atoms with E-state index < -0.39 is 5.91 Å². The number of primary amides is 1. The first kappa shape index (κ1) is 19.0. The Bertz CT molecular complexity index is 1180. The van der Waals surface area contributed by atoms with Crippen LogP contribution in [0.3, 0.4) is 0 Å². The molecule has 4 aromatic rings. The number of nitrogens with one attached hydrogen (secondary N) is 1. The molecule has 1 amide bonds. The fourth-order valence-corrected chi connectivity index (χ4v) is 3.20. The minimum atomic E-state index is -0.757. The van der Waals surface area contributed by atoms with Crippen LogP contribution in [0.25, 0.3) is 5.69 Å². The molecule has 0 aliphatic heterocycles. The molecule has 0 aliphatic carbocycles. The number of hydrogen-bond acceptors (Lipinski definition) is 7.